The Hall–Kier alpha value is -1.10. The number of carbonyl (C=O) groups is 2. The lowest BCUT2D eigenvalue weighted by Crippen LogP contribution is -2.47. The van der Waals surface area contributed by atoms with Crippen molar-refractivity contribution >= 4 is 11.8 Å². The fourth-order valence-corrected chi connectivity index (χ4v) is 2.99. The molecule has 0 aromatic rings. The molecule has 0 spiro atoms. The van der Waals surface area contributed by atoms with Crippen LogP contribution in [0.1, 0.15) is 46.0 Å². The van der Waals surface area contributed by atoms with Crippen molar-refractivity contribution in [2.45, 2.75) is 64.1 Å². The molecule has 1 aliphatic carbocycles. The highest BCUT2D eigenvalue weighted by atomic mass is 16.3. The second-order valence-corrected chi connectivity index (χ2v) is 6.01. The number of aliphatic hydroxyl groups is 1. The Kier molecular flexibility index (Phi) is 4.45. The quantitative estimate of drug-likeness (QED) is 0.790. The van der Waals surface area contributed by atoms with E-state index in [0.717, 1.165) is 25.7 Å². The van der Waals surface area contributed by atoms with Gasteiger partial charge in [-0.3, -0.25) is 9.59 Å². The first-order valence-electron chi connectivity index (χ1n) is 7.27. The largest absolute Gasteiger partial charge is 0.391 e. The first-order chi connectivity index (χ1) is 8.99. The Morgan fingerprint density at radius 2 is 2.05 bits per heavy atom. The average Bonchev–Trinajstić information content (AvgIpc) is 2.74. The maximum atomic E-state index is 12.2. The first-order valence-corrected chi connectivity index (χ1v) is 7.27. The van der Waals surface area contributed by atoms with Crippen molar-refractivity contribution in [3.05, 3.63) is 0 Å². The van der Waals surface area contributed by atoms with Crippen LogP contribution in [0, 0.1) is 5.92 Å². The molecule has 1 saturated heterocycles. The van der Waals surface area contributed by atoms with Crippen molar-refractivity contribution in [2.24, 2.45) is 5.92 Å². The minimum atomic E-state index is -0.434. The standard InChI is InChI=1S/C14H24N2O3/c1-9(2)16-8-10(7-13(16)18)14(19)15-11-5-3-4-6-12(11)17/h9-12,17H,3-8H2,1-2H3,(H,15,19)/t10?,11-,12-/m0/s1. The van der Waals surface area contributed by atoms with Crippen LogP contribution in [-0.2, 0) is 9.59 Å². The van der Waals surface area contributed by atoms with Crippen LogP contribution in [0.25, 0.3) is 0 Å². The summed E-state index contributed by atoms with van der Waals surface area (Å²) in [4.78, 5) is 25.7. The van der Waals surface area contributed by atoms with Gasteiger partial charge in [0.15, 0.2) is 0 Å². The Bertz CT molecular complexity index is 357. The minimum Gasteiger partial charge on any atom is -0.391 e. The smallest absolute Gasteiger partial charge is 0.225 e. The number of nitrogens with zero attached hydrogens (tertiary/aromatic N) is 1. The van der Waals surface area contributed by atoms with E-state index in [9.17, 15) is 14.7 Å². The number of hydrogen-bond donors (Lipinski definition) is 2. The maximum absolute atomic E-state index is 12.2. The van der Waals surface area contributed by atoms with Crippen LogP contribution in [0.3, 0.4) is 0 Å². The number of nitrogens with one attached hydrogen (secondary N) is 1. The fraction of sp³-hybridized carbons (Fsp3) is 0.857. The van der Waals surface area contributed by atoms with Crippen molar-refractivity contribution < 1.29 is 14.7 Å². The molecule has 1 unspecified atom stereocenters. The summed E-state index contributed by atoms with van der Waals surface area (Å²) in [6, 6.07) is 0.00928. The second-order valence-electron chi connectivity index (χ2n) is 6.01. The molecular formula is C14H24N2O3. The number of rotatable bonds is 3. The third-order valence-corrected chi connectivity index (χ3v) is 4.21. The molecule has 2 rings (SSSR count). The third-order valence-electron chi connectivity index (χ3n) is 4.21. The highest BCUT2D eigenvalue weighted by molar-refractivity contribution is 5.89. The van der Waals surface area contributed by atoms with Crippen molar-refractivity contribution in [2.75, 3.05) is 6.54 Å². The van der Waals surface area contributed by atoms with Gasteiger partial charge in [0, 0.05) is 19.0 Å². The van der Waals surface area contributed by atoms with Crippen molar-refractivity contribution in [1.82, 2.24) is 10.2 Å². The number of amides is 2. The van der Waals surface area contributed by atoms with Crippen LogP contribution in [0.15, 0.2) is 0 Å². The predicted octanol–water partition coefficient (Wildman–Crippen LogP) is 0.663. The molecule has 0 aromatic carbocycles. The van der Waals surface area contributed by atoms with E-state index in [0.29, 0.717) is 13.0 Å². The predicted molar refractivity (Wildman–Crippen MR) is 71.4 cm³/mol. The van der Waals surface area contributed by atoms with E-state index in [1.54, 1.807) is 4.90 Å². The first kappa shape index (κ1) is 14.3. The van der Waals surface area contributed by atoms with Crippen LogP contribution >= 0.6 is 0 Å². The van der Waals surface area contributed by atoms with E-state index in [2.05, 4.69) is 5.32 Å². The molecule has 0 bridgehead atoms. The van der Waals surface area contributed by atoms with Gasteiger partial charge < -0.3 is 15.3 Å². The van der Waals surface area contributed by atoms with Crippen molar-refractivity contribution in [3.63, 3.8) is 0 Å². The van der Waals surface area contributed by atoms with E-state index < -0.39 is 6.10 Å². The number of carbonyl (C=O) groups excluding carboxylic acids is 2. The number of likely N-dealkylation sites (tertiary alicyclic amines) is 1. The van der Waals surface area contributed by atoms with E-state index in [4.69, 9.17) is 0 Å². The summed E-state index contributed by atoms with van der Waals surface area (Å²) in [6.07, 6.45) is 3.53. The molecule has 1 aliphatic heterocycles. The van der Waals surface area contributed by atoms with E-state index in [1.807, 2.05) is 13.8 Å². The number of aliphatic hydroxyl groups excluding tert-OH is 1. The van der Waals surface area contributed by atoms with Gasteiger partial charge >= 0.3 is 0 Å². The van der Waals surface area contributed by atoms with Gasteiger partial charge in [-0.1, -0.05) is 12.8 Å². The molecule has 2 fully saturated rings. The zero-order valence-corrected chi connectivity index (χ0v) is 11.8. The lowest BCUT2D eigenvalue weighted by molar-refractivity contribution is -0.130. The second kappa shape index (κ2) is 5.90. The maximum Gasteiger partial charge on any atom is 0.225 e. The highest BCUT2D eigenvalue weighted by Crippen LogP contribution is 2.22. The lowest BCUT2D eigenvalue weighted by Gasteiger charge is -2.29. The third kappa shape index (κ3) is 3.26. The molecule has 1 saturated carbocycles. The van der Waals surface area contributed by atoms with Crippen LogP contribution in [0.2, 0.25) is 0 Å². The summed E-state index contributed by atoms with van der Waals surface area (Å²) in [5.41, 5.74) is 0. The van der Waals surface area contributed by atoms with Gasteiger partial charge in [0.25, 0.3) is 0 Å². The Balaban J connectivity index is 1.89. The van der Waals surface area contributed by atoms with Gasteiger partial charge in [0.1, 0.15) is 0 Å². The topological polar surface area (TPSA) is 69.6 Å². The average molecular weight is 268 g/mol. The molecule has 1 heterocycles. The molecule has 2 N–H and O–H groups in total. The monoisotopic (exact) mass is 268 g/mol. The van der Waals surface area contributed by atoms with Gasteiger partial charge in [-0.05, 0) is 26.7 Å². The van der Waals surface area contributed by atoms with Crippen LogP contribution in [0.4, 0.5) is 0 Å². The van der Waals surface area contributed by atoms with Gasteiger partial charge in [0.2, 0.25) is 11.8 Å². The molecule has 5 heteroatoms. The highest BCUT2D eigenvalue weighted by Gasteiger charge is 2.37. The number of hydrogen-bond acceptors (Lipinski definition) is 3. The van der Waals surface area contributed by atoms with Crippen LogP contribution in [-0.4, -0.2) is 46.6 Å². The summed E-state index contributed by atoms with van der Waals surface area (Å²) in [6.45, 7) is 4.43. The molecule has 2 amide bonds. The molecule has 0 aromatic heterocycles. The van der Waals surface area contributed by atoms with Gasteiger partial charge in [0.05, 0.1) is 18.1 Å². The van der Waals surface area contributed by atoms with Gasteiger partial charge in [-0.15, -0.1) is 0 Å². The summed E-state index contributed by atoms with van der Waals surface area (Å²) >= 11 is 0. The van der Waals surface area contributed by atoms with Crippen LogP contribution in [0.5, 0.6) is 0 Å². The van der Waals surface area contributed by atoms with Crippen molar-refractivity contribution in [3.8, 4) is 0 Å². The molecule has 3 atom stereocenters. The molecular weight excluding hydrogens is 244 g/mol. The summed E-state index contributed by atoms with van der Waals surface area (Å²) in [5.74, 6) is -0.286. The normalized spacial score (nSPS) is 31.9. The zero-order valence-electron chi connectivity index (χ0n) is 11.8. The van der Waals surface area contributed by atoms with Crippen molar-refractivity contribution in [1.29, 1.82) is 0 Å². The van der Waals surface area contributed by atoms with Crippen LogP contribution < -0.4 is 5.32 Å². The molecule has 2 aliphatic rings. The van der Waals surface area contributed by atoms with Gasteiger partial charge in [-0.25, -0.2) is 0 Å². The molecule has 0 radical (unpaired) electrons. The Morgan fingerprint density at radius 1 is 1.37 bits per heavy atom. The minimum absolute atomic E-state index is 0.0549. The van der Waals surface area contributed by atoms with Gasteiger partial charge in [-0.2, -0.15) is 0 Å². The lowest BCUT2D eigenvalue weighted by atomic mass is 9.92. The molecule has 19 heavy (non-hydrogen) atoms. The summed E-state index contributed by atoms with van der Waals surface area (Å²) in [7, 11) is 0. The Labute approximate surface area is 114 Å². The van der Waals surface area contributed by atoms with E-state index in [-0.39, 0.29) is 29.8 Å². The van der Waals surface area contributed by atoms with E-state index >= 15 is 0 Å². The SMILES string of the molecule is CC(C)N1CC(C(=O)N[C@H]2CCCC[C@@H]2O)CC1=O. The molecule has 5 nitrogen and oxygen atoms in total. The molecule has 108 valence electrons. The Morgan fingerprint density at radius 3 is 2.63 bits per heavy atom. The zero-order chi connectivity index (χ0) is 14.0. The summed E-state index contributed by atoms with van der Waals surface area (Å²) < 4.78 is 0. The summed E-state index contributed by atoms with van der Waals surface area (Å²) in [5, 5.41) is 12.8. The van der Waals surface area contributed by atoms with E-state index in [1.165, 1.54) is 0 Å². The fourth-order valence-electron chi connectivity index (χ4n) is 2.99.